The number of anilines is 1. The number of amidine groups is 1. The van der Waals surface area contributed by atoms with E-state index in [4.69, 9.17) is 11.1 Å². The maximum absolute atomic E-state index is 14.5. The number of halogens is 2. The molecule has 2 rings (SSSR count). The molecule has 110 valence electrons. The average Bonchev–Trinajstić information content (AvgIpc) is 2.40. The van der Waals surface area contributed by atoms with Crippen LogP contribution in [0, 0.1) is 17.1 Å². The fourth-order valence-electron chi connectivity index (χ4n) is 2.97. The Kier molecular flexibility index (Phi) is 4.68. The normalized spacial score (nSPS) is 22.6. The van der Waals surface area contributed by atoms with E-state index in [1.165, 1.54) is 12.8 Å². The summed E-state index contributed by atoms with van der Waals surface area (Å²) in [5, 5.41) is 7.44. The number of nitrogens with two attached hydrogens (primary N) is 1. The fourth-order valence-corrected chi connectivity index (χ4v) is 3.52. The van der Waals surface area contributed by atoms with E-state index in [-0.39, 0.29) is 16.1 Å². The van der Waals surface area contributed by atoms with Crippen LogP contribution < -0.4 is 10.6 Å². The summed E-state index contributed by atoms with van der Waals surface area (Å²) in [4.78, 5) is 2.03. The highest BCUT2D eigenvalue weighted by molar-refractivity contribution is 9.10. The minimum absolute atomic E-state index is 0.128. The van der Waals surface area contributed by atoms with Gasteiger partial charge in [0.2, 0.25) is 0 Å². The van der Waals surface area contributed by atoms with E-state index in [0.29, 0.717) is 23.2 Å². The summed E-state index contributed by atoms with van der Waals surface area (Å²) >= 11 is 3.21. The first-order chi connectivity index (χ1) is 9.41. The van der Waals surface area contributed by atoms with Crippen molar-refractivity contribution in [3.05, 3.63) is 28.0 Å². The lowest BCUT2D eigenvalue weighted by Gasteiger charge is -2.36. The van der Waals surface area contributed by atoms with Gasteiger partial charge in [-0.25, -0.2) is 4.39 Å². The SMILES string of the molecule is CC1CCCC(N(C)c2ccc(C(=N)N)c(Br)c2F)C1. The van der Waals surface area contributed by atoms with Crippen molar-refractivity contribution in [2.75, 3.05) is 11.9 Å². The van der Waals surface area contributed by atoms with Crippen molar-refractivity contribution in [1.82, 2.24) is 0 Å². The monoisotopic (exact) mass is 341 g/mol. The van der Waals surface area contributed by atoms with Crippen LogP contribution in [0.25, 0.3) is 0 Å². The molecule has 1 saturated carbocycles. The van der Waals surface area contributed by atoms with Crippen molar-refractivity contribution in [3.8, 4) is 0 Å². The molecule has 0 bridgehead atoms. The van der Waals surface area contributed by atoms with Gasteiger partial charge in [-0.1, -0.05) is 19.8 Å². The van der Waals surface area contributed by atoms with Gasteiger partial charge in [-0.15, -0.1) is 0 Å². The minimum Gasteiger partial charge on any atom is -0.384 e. The van der Waals surface area contributed by atoms with Crippen molar-refractivity contribution >= 4 is 27.5 Å². The molecule has 2 atom stereocenters. The van der Waals surface area contributed by atoms with Crippen LogP contribution in [0.4, 0.5) is 10.1 Å². The van der Waals surface area contributed by atoms with Crippen LogP contribution in [-0.4, -0.2) is 18.9 Å². The predicted octanol–water partition coefficient (Wildman–Crippen LogP) is 3.89. The summed E-state index contributed by atoms with van der Waals surface area (Å²) in [7, 11) is 1.95. The maximum atomic E-state index is 14.5. The highest BCUT2D eigenvalue weighted by atomic mass is 79.9. The van der Waals surface area contributed by atoms with Crippen LogP contribution in [0.2, 0.25) is 0 Å². The molecule has 0 saturated heterocycles. The van der Waals surface area contributed by atoms with Gasteiger partial charge in [-0.3, -0.25) is 5.41 Å². The number of benzene rings is 1. The molecule has 3 nitrogen and oxygen atoms in total. The number of rotatable bonds is 3. The first-order valence-corrected chi connectivity index (χ1v) is 7.76. The first kappa shape index (κ1) is 15.3. The second-order valence-corrected chi connectivity index (χ2v) is 6.50. The quantitative estimate of drug-likeness (QED) is 0.647. The van der Waals surface area contributed by atoms with Crippen molar-refractivity contribution < 1.29 is 4.39 Å². The predicted molar refractivity (Wildman–Crippen MR) is 84.9 cm³/mol. The van der Waals surface area contributed by atoms with E-state index in [9.17, 15) is 4.39 Å². The van der Waals surface area contributed by atoms with E-state index in [1.807, 2.05) is 11.9 Å². The maximum Gasteiger partial charge on any atom is 0.161 e. The molecule has 0 heterocycles. The van der Waals surface area contributed by atoms with E-state index in [2.05, 4.69) is 22.9 Å². The van der Waals surface area contributed by atoms with Gasteiger partial charge in [0, 0.05) is 18.7 Å². The zero-order valence-electron chi connectivity index (χ0n) is 11.9. The Balaban J connectivity index is 2.28. The highest BCUT2D eigenvalue weighted by Gasteiger charge is 2.25. The van der Waals surface area contributed by atoms with Crippen LogP contribution in [0.15, 0.2) is 16.6 Å². The lowest BCUT2D eigenvalue weighted by molar-refractivity contribution is 0.335. The van der Waals surface area contributed by atoms with Gasteiger partial charge in [0.1, 0.15) is 5.84 Å². The third-order valence-corrected chi connectivity index (χ3v) is 4.96. The van der Waals surface area contributed by atoms with Gasteiger partial charge in [0.15, 0.2) is 5.82 Å². The molecule has 1 aliphatic carbocycles. The molecule has 0 amide bonds. The molecule has 0 spiro atoms. The van der Waals surface area contributed by atoms with Crippen LogP contribution in [0.3, 0.4) is 0 Å². The smallest absolute Gasteiger partial charge is 0.161 e. The Morgan fingerprint density at radius 2 is 2.15 bits per heavy atom. The van der Waals surface area contributed by atoms with Crippen LogP contribution in [0.5, 0.6) is 0 Å². The second kappa shape index (κ2) is 6.12. The zero-order valence-corrected chi connectivity index (χ0v) is 13.5. The van der Waals surface area contributed by atoms with Gasteiger partial charge in [0.25, 0.3) is 0 Å². The van der Waals surface area contributed by atoms with Gasteiger partial charge in [0.05, 0.1) is 10.2 Å². The Bertz CT molecular complexity index is 518. The summed E-state index contributed by atoms with van der Waals surface area (Å²) in [5.74, 6) is 0.230. The number of hydrogen-bond donors (Lipinski definition) is 2. The fraction of sp³-hybridized carbons (Fsp3) is 0.533. The number of hydrogen-bond acceptors (Lipinski definition) is 2. The summed E-state index contributed by atoms with van der Waals surface area (Å²) in [5.41, 5.74) is 6.41. The van der Waals surface area contributed by atoms with Crippen LogP contribution in [0.1, 0.15) is 38.2 Å². The molecule has 1 aromatic rings. The van der Waals surface area contributed by atoms with Gasteiger partial charge in [-0.05, 0) is 46.8 Å². The molecule has 1 aromatic carbocycles. The Morgan fingerprint density at radius 1 is 1.45 bits per heavy atom. The molecule has 5 heteroatoms. The average molecular weight is 342 g/mol. The topological polar surface area (TPSA) is 53.1 Å². The molecular weight excluding hydrogens is 321 g/mol. The van der Waals surface area contributed by atoms with Crippen molar-refractivity contribution in [2.45, 2.75) is 38.6 Å². The van der Waals surface area contributed by atoms with E-state index >= 15 is 0 Å². The Morgan fingerprint density at radius 3 is 2.75 bits per heavy atom. The first-order valence-electron chi connectivity index (χ1n) is 6.97. The van der Waals surface area contributed by atoms with Crippen LogP contribution in [-0.2, 0) is 0 Å². The zero-order chi connectivity index (χ0) is 14.9. The molecule has 0 radical (unpaired) electrons. The minimum atomic E-state index is -0.335. The number of nitrogens with one attached hydrogen (secondary N) is 1. The Hall–Kier alpha value is -1.10. The molecule has 0 aliphatic heterocycles. The van der Waals surface area contributed by atoms with E-state index in [1.54, 1.807) is 12.1 Å². The number of nitrogen functional groups attached to an aromatic ring is 1. The summed E-state index contributed by atoms with van der Waals surface area (Å²) in [6.45, 7) is 2.26. The molecular formula is C15H21BrFN3. The molecule has 1 aliphatic rings. The van der Waals surface area contributed by atoms with Gasteiger partial charge in [-0.2, -0.15) is 0 Å². The summed E-state index contributed by atoms with van der Waals surface area (Å²) in [6, 6.07) is 3.80. The van der Waals surface area contributed by atoms with Gasteiger partial charge >= 0.3 is 0 Å². The van der Waals surface area contributed by atoms with E-state index < -0.39 is 0 Å². The molecule has 2 unspecified atom stereocenters. The summed E-state index contributed by atoms with van der Waals surface area (Å²) < 4.78 is 14.8. The lowest BCUT2D eigenvalue weighted by Crippen LogP contribution is -2.36. The molecule has 3 N–H and O–H groups in total. The molecule has 0 aromatic heterocycles. The largest absolute Gasteiger partial charge is 0.384 e. The standard InChI is InChI=1S/C15H21BrFN3/c1-9-4-3-5-10(8-9)20(2)12-7-6-11(15(18)19)13(16)14(12)17/h6-7,9-10H,3-5,8H2,1-2H3,(H3,18,19). The molecule has 1 fully saturated rings. The summed E-state index contributed by atoms with van der Waals surface area (Å²) in [6.07, 6.45) is 4.67. The van der Waals surface area contributed by atoms with Crippen molar-refractivity contribution in [3.63, 3.8) is 0 Å². The Labute approximate surface area is 128 Å². The van der Waals surface area contributed by atoms with Crippen molar-refractivity contribution in [1.29, 1.82) is 5.41 Å². The van der Waals surface area contributed by atoms with Crippen molar-refractivity contribution in [2.24, 2.45) is 11.7 Å². The van der Waals surface area contributed by atoms with Gasteiger partial charge < -0.3 is 10.6 Å². The lowest BCUT2D eigenvalue weighted by atomic mass is 9.86. The van der Waals surface area contributed by atoms with Crippen LogP contribution >= 0.6 is 15.9 Å². The second-order valence-electron chi connectivity index (χ2n) is 5.71. The van der Waals surface area contributed by atoms with E-state index in [0.717, 1.165) is 12.8 Å². The number of nitrogens with zero attached hydrogens (tertiary/aromatic N) is 1. The third-order valence-electron chi connectivity index (χ3n) is 4.19. The third kappa shape index (κ3) is 2.97. The highest BCUT2D eigenvalue weighted by Crippen LogP contribution is 2.34. The molecule has 20 heavy (non-hydrogen) atoms.